The van der Waals surface area contributed by atoms with Crippen LogP contribution >= 0.6 is 0 Å². The second kappa shape index (κ2) is 12.8. The van der Waals surface area contributed by atoms with Gasteiger partial charge >= 0.3 is 0 Å². The lowest BCUT2D eigenvalue weighted by Gasteiger charge is -2.13. The minimum absolute atomic E-state index is 0.0919. The van der Waals surface area contributed by atoms with Crippen LogP contribution in [-0.4, -0.2) is 17.3 Å². The summed E-state index contributed by atoms with van der Waals surface area (Å²) in [5.74, 6) is 0. The van der Waals surface area contributed by atoms with Gasteiger partial charge in [0.2, 0.25) is 0 Å². The molecule has 0 rings (SSSR count). The van der Waals surface area contributed by atoms with Crippen LogP contribution in [0.25, 0.3) is 0 Å². The molecule has 0 bridgehead atoms. The van der Waals surface area contributed by atoms with E-state index in [9.17, 15) is 5.11 Å². The minimum atomic E-state index is -0.321. The number of unbranched alkanes of at least 4 members (excludes halogenated alkanes) is 6. The number of allylic oxidation sites excluding steroid dienone is 3. The summed E-state index contributed by atoms with van der Waals surface area (Å²) in [6, 6.07) is -0.0919. The van der Waals surface area contributed by atoms with Gasteiger partial charge < -0.3 is 10.8 Å². The van der Waals surface area contributed by atoms with E-state index in [-0.39, 0.29) is 12.1 Å². The van der Waals surface area contributed by atoms with Gasteiger partial charge in [-0.3, -0.25) is 0 Å². The highest BCUT2D eigenvalue weighted by Gasteiger charge is 2.07. The molecule has 0 aromatic heterocycles. The minimum Gasteiger partial charge on any atom is -0.392 e. The zero-order valence-corrected chi connectivity index (χ0v) is 12.0. The summed E-state index contributed by atoms with van der Waals surface area (Å²) in [5.41, 5.74) is 5.60. The van der Waals surface area contributed by atoms with E-state index in [0.29, 0.717) is 0 Å². The summed E-state index contributed by atoms with van der Waals surface area (Å²) in [7, 11) is 0. The fraction of sp³-hybridized carbons (Fsp3) is 0.750. The van der Waals surface area contributed by atoms with Gasteiger partial charge in [-0.05, 0) is 39.0 Å². The summed E-state index contributed by atoms with van der Waals surface area (Å²) in [4.78, 5) is 0. The second-order valence-corrected chi connectivity index (χ2v) is 5.11. The van der Waals surface area contributed by atoms with Crippen LogP contribution in [-0.2, 0) is 0 Å². The third kappa shape index (κ3) is 11.9. The summed E-state index contributed by atoms with van der Waals surface area (Å²) < 4.78 is 0. The van der Waals surface area contributed by atoms with E-state index in [2.05, 4.69) is 18.7 Å². The molecule has 106 valence electrons. The molecule has 2 nitrogen and oxygen atoms in total. The Hall–Kier alpha value is -0.600. The smallest absolute Gasteiger partial charge is 0.0688 e. The molecule has 18 heavy (non-hydrogen) atoms. The Kier molecular flexibility index (Phi) is 12.4. The average Bonchev–Trinajstić information content (AvgIpc) is 2.35. The van der Waals surface area contributed by atoms with Crippen molar-refractivity contribution in [1.82, 2.24) is 0 Å². The van der Waals surface area contributed by atoms with Crippen LogP contribution in [0, 0.1) is 0 Å². The molecule has 0 saturated carbocycles. The van der Waals surface area contributed by atoms with Crippen molar-refractivity contribution in [2.24, 2.45) is 5.73 Å². The molecule has 0 spiro atoms. The van der Waals surface area contributed by atoms with Crippen LogP contribution in [0.3, 0.4) is 0 Å². The maximum atomic E-state index is 9.53. The lowest BCUT2D eigenvalue weighted by atomic mass is 10.0. The maximum Gasteiger partial charge on any atom is 0.0688 e. The fourth-order valence-corrected chi connectivity index (χ4v) is 1.86. The number of hydrogen-bond acceptors (Lipinski definition) is 2. The van der Waals surface area contributed by atoms with Crippen molar-refractivity contribution in [3.63, 3.8) is 0 Å². The Morgan fingerprint density at radius 2 is 1.61 bits per heavy atom. The largest absolute Gasteiger partial charge is 0.392 e. The van der Waals surface area contributed by atoms with Gasteiger partial charge in [0.25, 0.3) is 0 Å². The first-order valence-electron chi connectivity index (χ1n) is 7.38. The molecule has 0 aliphatic carbocycles. The number of rotatable bonds is 12. The number of hydrogen-bond donors (Lipinski definition) is 2. The molecule has 0 aliphatic heterocycles. The number of nitrogens with two attached hydrogens (primary N) is 1. The summed E-state index contributed by atoms with van der Waals surface area (Å²) in [6.07, 6.45) is 16.6. The van der Waals surface area contributed by atoms with Crippen molar-refractivity contribution in [3.05, 3.63) is 24.8 Å². The molecule has 0 radical (unpaired) electrons. The molecule has 0 fully saturated rings. The number of aliphatic hydroxyl groups is 1. The Bertz CT molecular complexity index is 211. The molecule has 0 aromatic rings. The molecule has 0 amide bonds. The highest BCUT2D eigenvalue weighted by Crippen LogP contribution is 2.10. The van der Waals surface area contributed by atoms with Crippen LogP contribution < -0.4 is 5.73 Å². The summed E-state index contributed by atoms with van der Waals surface area (Å²) in [5, 5.41) is 9.53. The van der Waals surface area contributed by atoms with Gasteiger partial charge in [-0.1, -0.05) is 43.9 Å². The SMILES string of the molecule is C=CCC/C=C/CCCCCCCC(O)C(C)N. The zero-order valence-electron chi connectivity index (χ0n) is 12.0. The van der Waals surface area contributed by atoms with Crippen molar-refractivity contribution >= 4 is 0 Å². The first-order valence-corrected chi connectivity index (χ1v) is 7.38. The van der Waals surface area contributed by atoms with Gasteiger partial charge in [0, 0.05) is 6.04 Å². The van der Waals surface area contributed by atoms with Crippen molar-refractivity contribution in [3.8, 4) is 0 Å². The van der Waals surface area contributed by atoms with Gasteiger partial charge in [-0.15, -0.1) is 6.58 Å². The van der Waals surface area contributed by atoms with E-state index >= 15 is 0 Å². The molecular weight excluding hydrogens is 222 g/mol. The van der Waals surface area contributed by atoms with Crippen LogP contribution in [0.5, 0.6) is 0 Å². The van der Waals surface area contributed by atoms with Crippen LogP contribution in [0.15, 0.2) is 24.8 Å². The highest BCUT2D eigenvalue weighted by molar-refractivity contribution is 4.84. The predicted octanol–water partition coefficient (Wildman–Crippen LogP) is 3.95. The molecular formula is C16H31NO. The van der Waals surface area contributed by atoms with E-state index in [1.807, 2.05) is 13.0 Å². The standard InChI is InChI=1S/C16H31NO/c1-3-4-5-6-7-8-9-10-11-12-13-14-16(18)15(2)17/h3,6-7,15-16,18H,1,4-5,8-14,17H2,2H3/b7-6+. The fourth-order valence-electron chi connectivity index (χ4n) is 1.86. The van der Waals surface area contributed by atoms with Gasteiger partial charge in [0.15, 0.2) is 0 Å². The monoisotopic (exact) mass is 253 g/mol. The Morgan fingerprint density at radius 3 is 2.28 bits per heavy atom. The van der Waals surface area contributed by atoms with Crippen LogP contribution in [0.1, 0.15) is 64.7 Å². The maximum absolute atomic E-state index is 9.53. The lowest BCUT2D eigenvalue weighted by molar-refractivity contribution is 0.138. The second-order valence-electron chi connectivity index (χ2n) is 5.11. The molecule has 3 N–H and O–H groups in total. The molecule has 2 unspecified atom stereocenters. The zero-order chi connectivity index (χ0) is 13.6. The quantitative estimate of drug-likeness (QED) is 0.408. The Balaban J connectivity index is 3.16. The molecule has 0 heterocycles. The van der Waals surface area contributed by atoms with Crippen molar-refractivity contribution in [2.45, 2.75) is 76.9 Å². The molecule has 2 atom stereocenters. The number of aliphatic hydroxyl groups excluding tert-OH is 1. The van der Waals surface area contributed by atoms with E-state index in [4.69, 9.17) is 5.73 Å². The average molecular weight is 253 g/mol. The van der Waals surface area contributed by atoms with E-state index in [1.54, 1.807) is 0 Å². The lowest BCUT2D eigenvalue weighted by Crippen LogP contribution is -2.31. The summed E-state index contributed by atoms with van der Waals surface area (Å²) >= 11 is 0. The molecule has 2 heteroatoms. The van der Waals surface area contributed by atoms with Crippen LogP contribution in [0.2, 0.25) is 0 Å². The van der Waals surface area contributed by atoms with Crippen molar-refractivity contribution in [1.29, 1.82) is 0 Å². The topological polar surface area (TPSA) is 46.2 Å². The van der Waals surface area contributed by atoms with E-state index in [0.717, 1.165) is 25.7 Å². The highest BCUT2D eigenvalue weighted by atomic mass is 16.3. The molecule has 0 aromatic carbocycles. The van der Waals surface area contributed by atoms with Gasteiger partial charge in [0.1, 0.15) is 0 Å². The predicted molar refractivity (Wildman–Crippen MR) is 80.5 cm³/mol. The third-order valence-electron chi connectivity index (χ3n) is 3.18. The summed E-state index contributed by atoms with van der Waals surface area (Å²) in [6.45, 7) is 5.56. The molecule has 0 aliphatic rings. The van der Waals surface area contributed by atoms with Crippen LogP contribution in [0.4, 0.5) is 0 Å². The van der Waals surface area contributed by atoms with Gasteiger partial charge in [-0.25, -0.2) is 0 Å². The Morgan fingerprint density at radius 1 is 1.00 bits per heavy atom. The normalized spacial score (nSPS) is 14.8. The Labute approximate surface area is 113 Å². The first-order chi connectivity index (χ1) is 8.68. The van der Waals surface area contributed by atoms with Gasteiger partial charge in [0.05, 0.1) is 6.10 Å². The van der Waals surface area contributed by atoms with Crippen molar-refractivity contribution < 1.29 is 5.11 Å². The van der Waals surface area contributed by atoms with Crippen molar-refractivity contribution in [2.75, 3.05) is 0 Å². The first kappa shape index (κ1) is 17.4. The molecule has 0 saturated heterocycles. The van der Waals surface area contributed by atoms with E-state index in [1.165, 1.54) is 32.1 Å². The van der Waals surface area contributed by atoms with Gasteiger partial charge in [-0.2, -0.15) is 0 Å². The van der Waals surface area contributed by atoms with E-state index < -0.39 is 0 Å². The third-order valence-corrected chi connectivity index (χ3v) is 3.18.